The van der Waals surface area contributed by atoms with Crippen molar-refractivity contribution in [3.63, 3.8) is 0 Å². The molecule has 1 N–H and O–H groups in total. The predicted octanol–water partition coefficient (Wildman–Crippen LogP) is 4.28. The molecule has 2 aromatic heterocycles. The van der Waals surface area contributed by atoms with E-state index in [9.17, 15) is 8.78 Å². The average Bonchev–Trinajstić information content (AvgIpc) is 3.43. The standard InChI is InChI=1S/C24H23F2N5O/c1-30(2)14-15-3-4-16(21(26)11-15)19-13-29-24(31-9-8-27-23(19)31)28-12-18-17-7-10-32-22(17)6-5-20(18)25/h3-6,8-9,11,13H,7,10,12,14H2,1-2H3,(H,28,29). The SMILES string of the molecule is CN(C)Cc1ccc(-c2cnc(NCc3c(F)ccc4c3CCO4)n3ccnc23)c(F)c1. The summed E-state index contributed by atoms with van der Waals surface area (Å²) in [6, 6.07) is 8.30. The molecule has 32 heavy (non-hydrogen) atoms. The lowest BCUT2D eigenvalue weighted by Gasteiger charge is -2.14. The highest BCUT2D eigenvalue weighted by atomic mass is 19.1. The van der Waals surface area contributed by atoms with Crippen LogP contribution < -0.4 is 10.1 Å². The van der Waals surface area contributed by atoms with Crippen molar-refractivity contribution in [3.05, 3.63) is 77.2 Å². The third kappa shape index (κ3) is 3.67. The number of hydrogen-bond acceptors (Lipinski definition) is 5. The van der Waals surface area contributed by atoms with E-state index in [0.717, 1.165) is 16.9 Å². The fraction of sp³-hybridized carbons (Fsp3) is 0.250. The molecule has 0 bridgehead atoms. The summed E-state index contributed by atoms with van der Waals surface area (Å²) in [5.41, 5.74) is 3.95. The Kier molecular flexibility index (Phi) is 5.22. The number of nitrogens with zero attached hydrogens (tertiary/aromatic N) is 4. The third-order valence-electron chi connectivity index (χ3n) is 5.61. The first-order valence-electron chi connectivity index (χ1n) is 10.4. The number of hydrogen-bond donors (Lipinski definition) is 1. The van der Waals surface area contributed by atoms with Gasteiger partial charge in [0, 0.05) is 60.4 Å². The molecule has 1 aliphatic rings. The minimum Gasteiger partial charge on any atom is -0.493 e. The van der Waals surface area contributed by atoms with Gasteiger partial charge >= 0.3 is 0 Å². The number of fused-ring (bicyclic) bond motifs is 2. The molecule has 0 aliphatic carbocycles. The lowest BCUT2D eigenvalue weighted by molar-refractivity contribution is 0.356. The Bertz CT molecular complexity index is 1300. The quantitative estimate of drug-likeness (QED) is 0.490. The van der Waals surface area contributed by atoms with Gasteiger partial charge in [-0.2, -0.15) is 0 Å². The molecular weight excluding hydrogens is 412 g/mol. The van der Waals surface area contributed by atoms with Crippen molar-refractivity contribution >= 4 is 11.6 Å². The minimum absolute atomic E-state index is 0.256. The molecule has 1 aliphatic heterocycles. The Morgan fingerprint density at radius 3 is 2.78 bits per heavy atom. The van der Waals surface area contributed by atoms with Crippen LogP contribution in [-0.2, 0) is 19.5 Å². The van der Waals surface area contributed by atoms with Gasteiger partial charge in [-0.05, 0) is 37.9 Å². The summed E-state index contributed by atoms with van der Waals surface area (Å²) in [6.45, 7) is 1.47. The number of anilines is 1. The first kappa shape index (κ1) is 20.4. The van der Waals surface area contributed by atoms with Crippen LogP contribution in [-0.4, -0.2) is 40.0 Å². The Balaban J connectivity index is 1.46. The lowest BCUT2D eigenvalue weighted by Crippen LogP contribution is -2.11. The number of halogens is 2. The largest absolute Gasteiger partial charge is 0.493 e. The molecular formula is C24H23F2N5O. The van der Waals surface area contributed by atoms with E-state index in [0.29, 0.717) is 47.9 Å². The second-order valence-corrected chi connectivity index (χ2v) is 8.12. The average molecular weight is 435 g/mol. The Labute approximate surface area is 184 Å². The molecule has 5 rings (SSSR count). The number of ether oxygens (including phenoxy) is 1. The zero-order valence-electron chi connectivity index (χ0n) is 17.9. The predicted molar refractivity (Wildman–Crippen MR) is 119 cm³/mol. The molecule has 0 amide bonds. The van der Waals surface area contributed by atoms with Crippen LogP contribution in [0.1, 0.15) is 16.7 Å². The number of imidazole rings is 1. The van der Waals surface area contributed by atoms with Crippen LogP contribution in [0, 0.1) is 11.6 Å². The first-order chi connectivity index (χ1) is 15.5. The fourth-order valence-electron chi connectivity index (χ4n) is 4.15. The van der Waals surface area contributed by atoms with Crippen LogP contribution >= 0.6 is 0 Å². The van der Waals surface area contributed by atoms with Gasteiger partial charge in [0.1, 0.15) is 23.0 Å². The van der Waals surface area contributed by atoms with Crippen LogP contribution in [0.5, 0.6) is 5.75 Å². The maximum absolute atomic E-state index is 14.9. The van der Waals surface area contributed by atoms with Crippen LogP contribution in [0.25, 0.3) is 16.8 Å². The number of nitrogens with one attached hydrogen (secondary N) is 1. The molecule has 0 atom stereocenters. The fourth-order valence-corrected chi connectivity index (χ4v) is 4.15. The van der Waals surface area contributed by atoms with Crippen LogP contribution in [0.2, 0.25) is 0 Å². The molecule has 164 valence electrons. The van der Waals surface area contributed by atoms with Gasteiger partial charge in [0.25, 0.3) is 0 Å². The van der Waals surface area contributed by atoms with Crippen molar-refractivity contribution in [2.45, 2.75) is 19.5 Å². The van der Waals surface area contributed by atoms with Crippen LogP contribution in [0.3, 0.4) is 0 Å². The van der Waals surface area contributed by atoms with E-state index in [1.807, 2.05) is 25.1 Å². The molecule has 0 radical (unpaired) electrons. The molecule has 0 fully saturated rings. The first-order valence-corrected chi connectivity index (χ1v) is 10.4. The molecule has 8 heteroatoms. The van der Waals surface area contributed by atoms with E-state index in [1.165, 1.54) is 6.07 Å². The molecule has 3 heterocycles. The van der Waals surface area contributed by atoms with Crippen molar-refractivity contribution in [2.24, 2.45) is 0 Å². The topological polar surface area (TPSA) is 54.7 Å². The van der Waals surface area contributed by atoms with Crippen LogP contribution in [0.4, 0.5) is 14.7 Å². The summed E-state index contributed by atoms with van der Waals surface area (Å²) >= 11 is 0. The highest BCUT2D eigenvalue weighted by molar-refractivity contribution is 5.78. The van der Waals surface area contributed by atoms with Gasteiger partial charge < -0.3 is 15.0 Å². The molecule has 0 saturated heterocycles. The zero-order chi connectivity index (χ0) is 22.2. The van der Waals surface area contributed by atoms with Crippen molar-refractivity contribution in [3.8, 4) is 16.9 Å². The van der Waals surface area contributed by atoms with Crippen molar-refractivity contribution < 1.29 is 13.5 Å². The maximum Gasteiger partial charge on any atom is 0.208 e. The highest BCUT2D eigenvalue weighted by Crippen LogP contribution is 2.31. The molecule has 6 nitrogen and oxygen atoms in total. The smallest absolute Gasteiger partial charge is 0.208 e. The van der Waals surface area contributed by atoms with E-state index in [4.69, 9.17) is 4.74 Å². The van der Waals surface area contributed by atoms with Crippen LogP contribution in [0.15, 0.2) is 48.9 Å². The minimum atomic E-state index is -0.321. The summed E-state index contributed by atoms with van der Waals surface area (Å²) in [5.74, 6) is 0.632. The highest BCUT2D eigenvalue weighted by Gasteiger charge is 2.20. The Hall–Kier alpha value is -3.52. The summed E-state index contributed by atoms with van der Waals surface area (Å²) < 4.78 is 36.7. The van der Waals surface area contributed by atoms with Gasteiger partial charge in [-0.15, -0.1) is 0 Å². The van der Waals surface area contributed by atoms with Gasteiger partial charge in [0.2, 0.25) is 5.95 Å². The third-order valence-corrected chi connectivity index (χ3v) is 5.61. The van der Waals surface area contributed by atoms with E-state index in [2.05, 4.69) is 15.3 Å². The van der Waals surface area contributed by atoms with E-state index < -0.39 is 0 Å². The normalized spacial score (nSPS) is 12.9. The van der Waals surface area contributed by atoms with Gasteiger partial charge in [-0.3, -0.25) is 4.40 Å². The molecule has 0 saturated carbocycles. The number of benzene rings is 2. The summed E-state index contributed by atoms with van der Waals surface area (Å²) in [4.78, 5) is 10.9. The van der Waals surface area contributed by atoms with Gasteiger partial charge in [0.15, 0.2) is 0 Å². The van der Waals surface area contributed by atoms with Crippen molar-refractivity contribution in [1.29, 1.82) is 0 Å². The number of aromatic nitrogens is 3. The Morgan fingerprint density at radius 1 is 1.09 bits per heavy atom. The molecule has 0 unspecified atom stereocenters. The monoisotopic (exact) mass is 435 g/mol. The van der Waals surface area contributed by atoms with Gasteiger partial charge in [-0.1, -0.05) is 12.1 Å². The summed E-state index contributed by atoms with van der Waals surface area (Å²) in [6.07, 6.45) is 5.67. The summed E-state index contributed by atoms with van der Waals surface area (Å²) in [7, 11) is 3.89. The molecule has 4 aromatic rings. The van der Waals surface area contributed by atoms with Gasteiger partial charge in [-0.25, -0.2) is 18.7 Å². The second kappa shape index (κ2) is 8.20. The number of rotatable bonds is 6. The van der Waals surface area contributed by atoms with E-state index >= 15 is 0 Å². The lowest BCUT2D eigenvalue weighted by atomic mass is 10.0. The molecule has 2 aromatic carbocycles. The Morgan fingerprint density at radius 2 is 1.97 bits per heavy atom. The van der Waals surface area contributed by atoms with E-state index in [-0.39, 0.29) is 18.2 Å². The van der Waals surface area contributed by atoms with E-state index in [1.54, 1.807) is 41.2 Å². The maximum atomic E-state index is 14.9. The molecule has 0 spiro atoms. The van der Waals surface area contributed by atoms with Gasteiger partial charge in [0.05, 0.1) is 6.61 Å². The summed E-state index contributed by atoms with van der Waals surface area (Å²) in [5, 5.41) is 3.20. The zero-order valence-corrected chi connectivity index (χ0v) is 17.9. The van der Waals surface area contributed by atoms with Crippen molar-refractivity contribution in [1.82, 2.24) is 19.3 Å². The second-order valence-electron chi connectivity index (χ2n) is 8.12. The van der Waals surface area contributed by atoms with Crippen molar-refractivity contribution in [2.75, 3.05) is 26.0 Å².